The average Bonchev–Trinajstić information content (AvgIpc) is 2.45. The van der Waals surface area contributed by atoms with Crippen LogP contribution in [0, 0.1) is 12.7 Å². The maximum Gasteiger partial charge on any atom is 0.254 e. The molecule has 20 heavy (non-hydrogen) atoms. The highest BCUT2D eigenvalue weighted by molar-refractivity contribution is 5.94. The molecule has 2 aromatic carbocycles. The average molecular weight is 271 g/mol. The lowest BCUT2D eigenvalue weighted by Crippen LogP contribution is -2.28. The predicted octanol–water partition coefficient (Wildman–Crippen LogP) is 4.02. The number of carbonyl (C=O) groups excluding carboxylic acids is 1. The number of hydrogen-bond donors (Lipinski definition) is 1. The summed E-state index contributed by atoms with van der Waals surface area (Å²) >= 11 is 0. The van der Waals surface area contributed by atoms with Crippen molar-refractivity contribution >= 4 is 5.91 Å². The fraction of sp³-hybridized carbons (Fsp3) is 0.235. The molecule has 0 heterocycles. The van der Waals surface area contributed by atoms with Gasteiger partial charge in [-0.15, -0.1) is 0 Å². The summed E-state index contributed by atoms with van der Waals surface area (Å²) in [4.78, 5) is 12.2. The van der Waals surface area contributed by atoms with Crippen LogP contribution in [0.15, 0.2) is 48.5 Å². The van der Waals surface area contributed by atoms with Crippen molar-refractivity contribution in [1.82, 2.24) is 5.32 Å². The topological polar surface area (TPSA) is 29.1 Å². The van der Waals surface area contributed by atoms with Crippen LogP contribution < -0.4 is 5.32 Å². The van der Waals surface area contributed by atoms with Crippen molar-refractivity contribution in [3.05, 3.63) is 71.0 Å². The molecule has 3 heteroatoms. The van der Waals surface area contributed by atoms with E-state index in [4.69, 9.17) is 0 Å². The van der Waals surface area contributed by atoms with Crippen molar-refractivity contribution in [1.29, 1.82) is 0 Å². The van der Waals surface area contributed by atoms with Gasteiger partial charge in [-0.25, -0.2) is 4.39 Å². The smallest absolute Gasteiger partial charge is 0.254 e. The monoisotopic (exact) mass is 271 g/mol. The first-order chi connectivity index (χ1) is 9.61. The fourth-order valence-corrected chi connectivity index (χ4v) is 2.15. The van der Waals surface area contributed by atoms with Crippen LogP contribution in [0.2, 0.25) is 0 Å². The summed E-state index contributed by atoms with van der Waals surface area (Å²) in [5.74, 6) is -0.858. The maximum atomic E-state index is 13.8. The van der Waals surface area contributed by atoms with Gasteiger partial charge in [0.25, 0.3) is 5.91 Å². The van der Waals surface area contributed by atoms with Crippen LogP contribution in [0.1, 0.15) is 40.9 Å². The molecular formula is C17H18FNO. The minimum Gasteiger partial charge on any atom is -0.345 e. The zero-order chi connectivity index (χ0) is 14.5. The maximum absolute atomic E-state index is 13.8. The molecule has 0 spiro atoms. The molecule has 0 bridgehead atoms. The van der Waals surface area contributed by atoms with Gasteiger partial charge in [-0.3, -0.25) is 4.79 Å². The molecule has 2 aromatic rings. The first-order valence-corrected chi connectivity index (χ1v) is 6.73. The largest absolute Gasteiger partial charge is 0.345 e. The molecule has 0 aromatic heterocycles. The Bertz CT molecular complexity index is 595. The van der Waals surface area contributed by atoms with Crippen molar-refractivity contribution < 1.29 is 9.18 Å². The normalized spacial score (nSPS) is 11.9. The van der Waals surface area contributed by atoms with Gasteiger partial charge in [-0.2, -0.15) is 0 Å². The molecule has 0 aliphatic carbocycles. The van der Waals surface area contributed by atoms with Gasteiger partial charge < -0.3 is 5.32 Å². The van der Waals surface area contributed by atoms with Gasteiger partial charge in [0.05, 0.1) is 11.6 Å². The molecule has 2 rings (SSSR count). The Hall–Kier alpha value is -2.16. The first kappa shape index (κ1) is 14.3. The van der Waals surface area contributed by atoms with E-state index in [1.165, 1.54) is 12.1 Å². The standard InChI is InChI=1S/C17H18FNO/c1-3-16(13-7-5-4-6-8-13)19-17(20)14-10-9-12(2)11-15(14)18/h4-11,16H,3H2,1-2H3,(H,19,20). The first-order valence-electron chi connectivity index (χ1n) is 6.73. The van der Waals surface area contributed by atoms with Crippen LogP contribution in [0.5, 0.6) is 0 Å². The summed E-state index contributed by atoms with van der Waals surface area (Å²) in [6.07, 6.45) is 0.753. The van der Waals surface area contributed by atoms with E-state index in [-0.39, 0.29) is 17.5 Å². The van der Waals surface area contributed by atoms with Crippen molar-refractivity contribution in [2.45, 2.75) is 26.3 Å². The third kappa shape index (κ3) is 3.23. The van der Waals surface area contributed by atoms with Gasteiger partial charge in [0.15, 0.2) is 0 Å². The van der Waals surface area contributed by atoms with Gasteiger partial charge in [0, 0.05) is 0 Å². The minimum absolute atomic E-state index is 0.0879. The molecule has 0 aliphatic heterocycles. The molecule has 0 saturated carbocycles. The summed E-state index contributed by atoms with van der Waals surface area (Å²) in [6, 6.07) is 14.2. The molecule has 0 aliphatic rings. The lowest BCUT2D eigenvalue weighted by molar-refractivity contribution is 0.0931. The van der Waals surface area contributed by atoms with Crippen molar-refractivity contribution in [2.24, 2.45) is 0 Å². The van der Waals surface area contributed by atoms with Crippen LogP contribution in [-0.4, -0.2) is 5.91 Å². The Balaban J connectivity index is 2.17. The third-order valence-corrected chi connectivity index (χ3v) is 3.28. The van der Waals surface area contributed by atoms with Crippen LogP contribution >= 0.6 is 0 Å². The zero-order valence-corrected chi connectivity index (χ0v) is 11.7. The van der Waals surface area contributed by atoms with Crippen LogP contribution in [0.4, 0.5) is 4.39 Å². The summed E-state index contributed by atoms with van der Waals surface area (Å²) in [5, 5.41) is 2.88. The second-order valence-corrected chi connectivity index (χ2v) is 4.83. The van der Waals surface area contributed by atoms with E-state index in [1.807, 2.05) is 37.3 Å². The Morgan fingerprint density at radius 1 is 1.20 bits per heavy atom. The highest BCUT2D eigenvalue weighted by Crippen LogP contribution is 2.18. The van der Waals surface area contributed by atoms with Crippen molar-refractivity contribution in [3.8, 4) is 0 Å². The molecule has 1 N–H and O–H groups in total. The van der Waals surface area contributed by atoms with Gasteiger partial charge >= 0.3 is 0 Å². The zero-order valence-electron chi connectivity index (χ0n) is 11.7. The predicted molar refractivity (Wildman–Crippen MR) is 78.1 cm³/mol. The number of rotatable bonds is 4. The molecule has 1 atom stereocenters. The number of carbonyl (C=O) groups is 1. The molecule has 104 valence electrons. The second-order valence-electron chi connectivity index (χ2n) is 4.83. The molecule has 0 fully saturated rings. The van der Waals surface area contributed by atoms with Crippen LogP contribution in [-0.2, 0) is 0 Å². The van der Waals surface area contributed by atoms with Crippen molar-refractivity contribution in [2.75, 3.05) is 0 Å². The molecule has 1 amide bonds. The molecule has 0 saturated heterocycles. The third-order valence-electron chi connectivity index (χ3n) is 3.28. The van der Waals surface area contributed by atoms with Gasteiger partial charge in [0.1, 0.15) is 5.82 Å². The van der Waals surface area contributed by atoms with Gasteiger partial charge in [0.2, 0.25) is 0 Å². The number of benzene rings is 2. The molecule has 2 nitrogen and oxygen atoms in total. The Morgan fingerprint density at radius 3 is 2.50 bits per heavy atom. The van der Waals surface area contributed by atoms with Crippen molar-refractivity contribution in [3.63, 3.8) is 0 Å². The highest BCUT2D eigenvalue weighted by atomic mass is 19.1. The molecule has 0 radical (unpaired) electrons. The lowest BCUT2D eigenvalue weighted by Gasteiger charge is -2.17. The summed E-state index contributed by atoms with van der Waals surface area (Å²) in [5.41, 5.74) is 1.91. The number of aryl methyl sites for hydroxylation is 1. The SMILES string of the molecule is CCC(NC(=O)c1ccc(C)cc1F)c1ccccc1. The fourth-order valence-electron chi connectivity index (χ4n) is 2.15. The van der Waals surface area contributed by atoms with E-state index in [0.717, 1.165) is 17.5 Å². The number of hydrogen-bond acceptors (Lipinski definition) is 1. The van der Waals surface area contributed by atoms with Crippen LogP contribution in [0.25, 0.3) is 0 Å². The van der Waals surface area contributed by atoms with E-state index in [9.17, 15) is 9.18 Å². The van der Waals surface area contributed by atoms with Gasteiger partial charge in [-0.05, 0) is 36.6 Å². The number of nitrogens with one attached hydrogen (secondary N) is 1. The van der Waals surface area contributed by atoms with Crippen LogP contribution in [0.3, 0.4) is 0 Å². The highest BCUT2D eigenvalue weighted by Gasteiger charge is 2.16. The Labute approximate surface area is 118 Å². The summed E-state index contributed by atoms with van der Waals surface area (Å²) in [6.45, 7) is 3.78. The van der Waals surface area contributed by atoms with E-state index in [2.05, 4.69) is 5.32 Å². The second kappa shape index (κ2) is 6.33. The Kier molecular flexibility index (Phi) is 4.51. The van der Waals surface area contributed by atoms with E-state index in [0.29, 0.717) is 0 Å². The minimum atomic E-state index is -0.481. The summed E-state index contributed by atoms with van der Waals surface area (Å²) in [7, 11) is 0. The summed E-state index contributed by atoms with van der Waals surface area (Å²) < 4.78 is 13.8. The number of amides is 1. The lowest BCUT2D eigenvalue weighted by atomic mass is 10.0. The van der Waals surface area contributed by atoms with E-state index >= 15 is 0 Å². The van der Waals surface area contributed by atoms with E-state index in [1.54, 1.807) is 13.0 Å². The number of halogens is 1. The molecule has 1 unspecified atom stereocenters. The molecular weight excluding hydrogens is 253 g/mol. The van der Waals surface area contributed by atoms with Gasteiger partial charge in [-0.1, -0.05) is 43.3 Å². The van der Waals surface area contributed by atoms with E-state index < -0.39 is 5.82 Å². The Morgan fingerprint density at radius 2 is 1.90 bits per heavy atom. The quantitative estimate of drug-likeness (QED) is 0.894.